The molecular formula is C42H32O2. The van der Waals surface area contributed by atoms with E-state index < -0.39 is 0 Å². The smallest absolute Gasteiger partial charge is 0.130 e. The van der Waals surface area contributed by atoms with Gasteiger partial charge in [0.2, 0.25) is 0 Å². The number of hydrogen-bond donors (Lipinski definition) is 0. The molecule has 0 spiro atoms. The molecule has 0 unspecified atom stereocenters. The molecule has 0 atom stereocenters. The highest BCUT2D eigenvalue weighted by molar-refractivity contribution is 6.37. The van der Waals surface area contributed by atoms with Gasteiger partial charge in [0, 0.05) is 22.3 Å². The lowest BCUT2D eigenvalue weighted by molar-refractivity contribution is 0.414. The monoisotopic (exact) mass is 568 g/mol. The van der Waals surface area contributed by atoms with Crippen molar-refractivity contribution < 1.29 is 9.47 Å². The number of hydrogen-bond acceptors (Lipinski definition) is 2. The second-order valence-electron chi connectivity index (χ2n) is 11.6. The molecule has 0 aromatic heterocycles. The lowest BCUT2D eigenvalue weighted by atomic mass is 9.84. The Hall–Kier alpha value is -5.34. The zero-order valence-electron chi connectivity index (χ0n) is 25.4. The quantitative estimate of drug-likeness (QED) is 0.197. The van der Waals surface area contributed by atoms with Crippen LogP contribution in [0.1, 0.15) is 11.1 Å². The molecule has 0 aliphatic carbocycles. The van der Waals surface area contributed by atoms with Crippen LogP contribution in [0.4, 0.5) is 0 Å². The molecule has 2 nitrogen and oxygen atoms in total. The van der Waals surface area contributed by atoms with E-state index in [-0.39, 0.29) is 0 Å². The molecule has 0 saturated carbocycles. The molecule has 212 valence electrons. The van der Waals surface area contributed by atoms with Crippen LogP contribution in [0.3, 0.4) is 0 Å². The van der Waals surface area contributed by atoms with E-state index >= 15 is 0 Å². The maximum Gasteiger partial charge on any atom is 0.130 e. The summed E-state index contributed by atoms with van der Waals surface area (Å²) in [4.78, 5) is 0. The highest BCUT2D eigenvalue weighted by Gasteiger charge is 2.21. The molecule has 0 aliphatic rings. The molecule has 0 aliphatic heterocycles. The average molecular weight is 569 g/mol. The second kappa shape index (κ2) is 10.1. The number of ether oxygens (including phenoxy) is 2. The predicted octanol–water partition coefficient (Wildman–Crippen LogP) is 11.4. The van der Waals surface area contributed by atoms with Crippen LogP contribution in [-0.2, 0) is 0 Å². The molecule has 0 N–H and O–H groups in total. The number of benzene rings is 8. The first-order valence-corrected chi connectivity index (χ1v) is 15.1. The lowest BCUT2D eigenvalue weighted by Gasteiger charge is -2.21. The first kappa shape index (κ1) is 26.3. The molecule has 0 radical (unpaired) electrons. The van der Waals surface area contributed by atoms with E-state index in [2.05, 4.69) is 135 Å². The molecule has 0 amide bonds. The van der Waals surface area contributed by atoms with Crippen LogP contribution in [0.25, 0.3) is 76.1 Å². The molecule has 0 heterocycles. The predicted molar refractivity (Wildman–Crippen MR) is 187 cm³/mol. The molecule has 8 aromatic rings. The molecule has 8 aromatic carbocycles. The molecular weight excluding hydrogens is 536 g/mol. The van der Waals surface area contributed by atoms with Gasteiger partial charge >= 0.3 is 0 Å². The standard InChI is InChI=1S/C42H32O2/c1-25-37-29(23-35(41(25)43-3)27-13-7-5-8-14-27)19-21-33-31-17-11-12-18-32(31)34-22-20-30-24-36(28-15-9-6-10-16-28)42(44-4)26(2)38(30)40(34)39(33)37/h5-24H,1-4H3. The normalized spacial score (nSPS) is 11.6. The van der Waals surface area contributed by atoms with Crippen LogP contribution in [0.15, 0.2) is 121 Å². The first-order valence-electron chi connectivity index (χ1n) is 15.1. The summed E-state index contributed by atoms with van der Waals surface area (Å²) in [7, 11) is 3.57. The first-order chi connectivity index (χ1) is 21.6. The van der Waals surface area contributed by atoms with Crippen molar-refractivity contribution in [1.29, 1.82) is 0 Å². The molecule has 8 rings (SSSR count). The highest BCUT2D eigenvalue weighted by atomic mass is 16.5. The highest BCUT2D eigenvalue weighted by Crippen LogP contribution is 2.48. The fourth-order valence-corrected chi connectivity index (χ4v) is 7.47. The Kier molecular flexibility index (Phi) is 6.06. The van der Waals surface area contributed by atoms with Crippen molar-refractivity contribution in [1.82, 2.24) is 0 Å². The Morgan fingerprint density at radius 3 is 1.16 bits per heavy atom. The van der Waals surface area contributed by atoms with Crippen LogP contribution >= 0.6 is 0 Å². The van der Waals surface area contributed by atoms with Gasteiger partial charge in [-0.25, -0.2) is 0 Å². The number of rotatable bonds is 4. The summed E-state index contributed by atoms with van der Waals surface area (Å²) < 4.78 is 12.4. The van der Waals surface area contributed by atoms with Crippen LogP contribution in [-0.4, -0.2) is 14.2 Å². The topological polar surface area (TPSA) is 18.5 Å². The zero-order chi connectivity index (χ0) is 29.9. The van der Waals surface area contributed by atoms with Crippen LogP contribution in [0, 0.1) is 13.8 Å². The van der Waals surface area contributed by atoms with Crippen molar-refractivity contribution in [2.45, 2.75) is 13.8 Å². The van der Waals surface area contributed by atoms with E-state index in [0.717, 1.165) is 44.9 Å². The number of methoxy groups -OCH3 is 2. The van der Waals surface area contributed by atoms with Gasteiger partial charge in [-0.05, 0) is 91.0 Å². The van der Waals surface area contributed by atoms with Crippen molar-refractivity contribution in [3.05, 3.63) is 132 Å². The summed E-state index contributed by atoms with van der Waals surface area (Å²) in [6, 6.07) is 43.6. The van der Waals surface area contributed by atoms with E-state index in [1.807, 2.05) is 0 Å². The largest absolute Gasteiger partial charge is 0.496 e. The molecule has 0 fully saturated rings. The van der Waals surface area contributed by atoms with Gasteiger partial charge in [-0.3, -0.25) is 0 Å². The Bertz CT molecular complexity index is 2230. The molecule has 2 heteroatoms. The van der Waals surface area contributed by atoms with Crippen molar-refractivity contribution >= 4 is 53.9 Å². The van der Waals surface area contributed by atoms with Crippen LogP contribution < -0.4 is 9.47 Å². The summed E-state index contributed by atoms with van der Waals surface area (Å²) in [6.07, 6.45) is 0. The minimum absolute atomic E-state index is 0.915. The Labute approximate surface area is 257 Å². The summed E-state index contributed by atoms with van der Waals surface area (Å²) in [5.41, 5.74) is 6.81. The molecule has 0 saturated heterocycles. The third kappa shape index (κ3) is 3.74. The third-order valence-electron chi connectivity index (χ3n) is 9.33. The second-order valence-corrected chi connectivity index (χ2v) is 11.6. The summed E-state index contributed by atoms with van der Waals surface area (Å²) in [6.45, 7) is 4.42. The lowest BCUT2D eigenvalue weighted by Crippen LogP contribution is -1.97. The van der Waals surface area contributed by atoms with Crippen molar-refractivity contribution in [3.8, 4) is 33.8 Å². The van der Waals surface area contributed by atoms with Crippen LogP contribution in [0.5, 0.6) is 11.5 Å². The van der Waals surface area contributed by atoms with Gasteiger partial charge < -0.3 is 9.47 Å². The minimum Gasteiger partial charge on any atom is -0.496 e. The maximum atomic E-state index is 6.18. The summed E-state index contributed by atoms with van der Waals surface area (Å²) >= 11 is 0. The Morgan fingerprint density at radius 1 is 0.386 bits per heavy atom. The van der Waals surface area contributed by atoms with E-state index in [1.165, 1.54) is 53.9 Å². The third-order valence-corrected chi connectivity index (χ3v) is 9.33. The van der Waals surface area contributed by atoms with Gasteiger partial charge in [0.25, 0.3) is 0 Å². The van der Waals surface area contributed by atoms with Crippen LogP contribution in [0.2, 0.25) is 0 Å². The zero-order valence-corrected chi connectivity index (χ0v) is 25.4. The summed E-state index contributed by atoms with van der Waals surface area (Å²) in [5.74, 6) is 1.83. The van der Waals surface area contributed by atoms with Gasteiger partial charge in [-0.2, -0.15) is 0 Å². The van der Waals surface area contributed by atoms with Gasteiger partial charge in [0.05, 0.1) is 14.2 Å². The maximum absolute atomic E-state index is 6.18. The molecule has 0 bridgehead atoms. The number of fused-ring (bicyclic) bond motifs is 10. The Balaban J connectivity index is 1.62. The van der Waals surface area contributed by atoms with Gasteiger partial charge in [0.15, 0.2) is 0 Å². The Morgan fingerprint density at radius 2 is 0.773 bits per heavy atom. The fourth-order valence-electron chi connectivity index (χ4n) is 7.47. The van der Waals surface area contributed by atoms with E-state index in [0.29, 0.717) is 0 Å². The van der Waals surface area contributed by atoms with Crippen molar-refractivity contribution in [2.75, 3.05) is 14.2 Å². The van der Waals surface area contributed by atoms with Crippen molar-refractivity contribution in [3.63, 3.8) is 0 Å². The SMILES string of the molecule is COc1c(-c2ccccc2)cc2ccc3c4ccccc4c4ccc5cc(-c6ccccc6)c(OC)c(C)c5c4c3c2c1C. The van der Waals surface area contributed by atoms with Gasteiger partial charge in [0.1, 0.15) is 11.5 Å². The molecule has 44 heavy (non-hydrogen) atoms. The van der Waals surface area contributed by atoms with Crippen molar-refractivity contribution in [2.24, 2.45) is 0 Å². The van der Waals surface area contributed by atoms with Gasteiger partial charge in [-0.15, -0.1) is 0 Å². The van der Waals surface area contributed by atoms with E-state index in [4.69, 9.17) is 9.47 Å². The number of aryl methyl sites for hydroxylation is 2. The van der Waals surface area contributed by atoms with E-state index in [9.17, 15) is 0 Å². The fraction of sp³-hybridized carbons (Fsp3) is 0.0952. The van der Waals surface area contributed by atoms with E-state index in [1.54, 1.807) is 14.2 Å². The average Bonchev–Trinajstić information content (AvgIpc) is 3.08. The minimum atomic E-state index is 0.915. The van der Waals surface area contributed by atoms with Gasteiger partial charge in [-0.1, -0.05) is 109 Å². The summed E-state index contributed by atoms with van der Waals surface area (Å²) in [5, 5.41) is 12.4.